The molecule has 1 aliphatic heterocycles. The van der Waals surface area contributed by atoms with Gasteiger partial charge in [0.1, 0.15) is 0 Å². The van der Waals surface area contributed by atoms with Crippen molar-refractivity contribution in [1.29, 1.82) is 0 Å². The number of carbonyl (C=O) groups excluding carboxylic acids is 1. The van der Waals surface area contributed by atoms with Gasteiger partial charge in [-0.1, -0.05) is 37.5 Å². The molecule has 0 saturated carbocycles. The number of methoxy groups -OCH3 is 2. The number of amides is 1. The minimum absolute atomic E-state index is 0.0831. The van der Waals surface area contributed by atoms with E-state index in [1.54, 1.807) is 31.4 Å². The van der Waals surface area contributed by atoms with Crippen LogP contribution in [0.4, 0.5) is 0 Å². The Morgan fingerprint density at radius 1 is 1.28 bits per heavy atom. The van der Waals surface area contributed by atoms with E-state index in [2.05, 4.69) is 18.6 Å². The van der Waals surface area contributed by atoms with Gasteiger partial charge in [0, 0.05) is 13.0 Å². The third kappa shape index (κ3) is 4.73. The van der Waals surface area contributed by atoms with Gasteiger partial charge >= 0.3 is 0 Å². The van der Waals surface area contributed by atoms with E-state index < -0.39 is 0 Å². The molecule has 2 rings (SSSR count). The molecule has 5 nitrogen and oxygen atoms in total. The van der Waals surface area contributed by atoms with Gasteiger partial charge in [0.25, 0.3) is 0 Å². The van der Waals surface area contributed by atoms with Crippen molar-refractivity contribution in [1.82, 2.24) is 10.4 Å². The molecule has 0 spiro atoms. The fourth-order valence-corrected chi connectivity index (χ4v) is 2.87. The quantitative estimate of drug-likeness (QED) is 0.734. The Balaban J connectivity index is 1.96. The first-order valence-electron chi connectivity index (χ1n) is 8.35. The molecule has 25 heavy (non-hydrogen) atoms. The smallest absolute Gasteiger partial charge is 0.237 e. The highest BCUT2D eigenvalue weighted by molar-refractivity contribution is 5.76. The van der Waals surface area contributed by atoms with Crippen LogP contribution >= 0.6 is 0 Å². The molecule has 1 fully saturated rings. The van der Waals surface area contributed by atoms with Gasteiger partial charge in [0.2, 0.25) is 5.91 Å². The maximum absolute atomic E-state index is 12.4. The molecule has 134 valence electrons. The van der Waals surface area contributed by atoms with Gasteiger partial charge in [-0.15, -0.1) is 0 Å². The molecule has 1 atom stereocenters. The van der Waals surface area contributed by atoms with Gasteiger partial charge in [-0.2, -0.15) is 0 Å². The second-order valence-corrected chi connectivity index (χ2v) is 5.81. The highest BCUT2D eigenvalue weighted by atomic mass is 16.5. The predicted octanol–water partition coefficient (Wildman–Crippen LogP) is 3.56. The SMILES string of the molecule is C=C/C=C(\C=C)CCC(=O)N1CCC(c2ccc(OC)c(OC)c2)N1. The average molecular weight is 342 g/mol. The van der Waals surface area contributed by atoms with Crippen molar-refractivity contribution in [3.05, 3.63) is 60.7 Å². The number of carbonyl (C=O) groups is 1. The first kappa shape index (κ1) is 18.8. The molecular formula is C20H26N2O3. The number of benzene rings is 1. The van der Waals surface area contributed by atoms with E-state index in [1.165, 1.54) is 0 Å². The molecule has 0 aliphatic carbocycles. The predicted molar refractivity (Wildman–Crippen MR) is 99.5 cm³/mol. The lowest BCUT2D eigenvalue weighted by molar-refractivity contribution is -0.132. The number of nitrogens with zero attached hydrogens (tertiary/aromatic N) is 1. The number of ether oxygens (including phenoxy) is 2. The van der Waals surface area contributed by atoms with Crippen LogP contribution < -0.4 is 14.9 Å². The van der Waals surface area contributed by atoms with Crippen LogP contribution in [0.25, 0.3) is 0 Å². The van der Waals surface area contributed by atoms with Gasteiger partial charge in [0.05, 0.1) is 20.3 Å². The summed E-state index contributed by atoms with van der Waals surface area (Å²) < 4.78 is 10.6. The summed E-state index contributed by atoms with van der Waals surface area (Å²) in [5.74, 6) is 1.47. The average Bonchev–Trinajstić information content (AvgIpc) is 3.14. The van der Waals surface area contributed by atoms with E-state index in [-0.39, 0.29) is 11.9 Å². The summed E-state index contributed by atoms with van der Waals surface area (Å²) in [6.45, 7) is 8.12. The first-order chi connectivity index (χ1) is 12.1. The van der Waals surface area contributed by atoms with Crippen molar-refractivity contribution < 1.29 is 14.3 Å². The van der Waals surface area contributed by atoms with Crippen LogP contribution in [-0.2, 0) is 4.79 Å². The lowest BCUT2D eigenvalue weighted by atomic mass is 10.1. The molecule has 0 radical (unpaired) electrons. The summed E-state index contributed by atoms with van der Waals surface area (Å²) in [5.41, 5.74) is 5.38. The number of rotatable bonds is 8. The summed E-state index contributed by atoms with van der Waals surface area (Å²) in [7, 11) is 3.23. The molecule has 1 aliphatic rings. The zero-order valence-corrected chi connectivity index (χ0v) is 15.0. The lowest BCUT2D eigenvalue weighted by Crippen LogP contribution is -2.37. The van der Waals surface area contributed by atoms with Gasteiger partial charge in [-0.25, -0.2) is 5.43 Å². The molecule has 1 amide bonds. The van der Waals surface area contributed by atoms with Gasteiger partial charge < -0.3 is 9.47 Å². The number of hydrogen-bond acceptors (Lipinski definition) is 4. The Bertz CT molecular complexity index is 667. The Morgan fingerprint density at radius 3 is 2.68 bits per heavy atom. The van der Waals surface area contributed by atoms with Gasteiger partial charge in [-0.3, -0.25) is 9.80 Å². The lowest BCUT2D eigenvalue weighted by Gasteiger charge is -2.19. The minimum atomic E-state index is 0.0831. The molecule has 1 aromatic carbocycles. The molecule has 1 aromatic rings. The van der Waals surface area contributed by atoms with Crippen LogP contribution in [0.5, 0.6) is 11.5 Å². The van der Waals surface area contributed by atoms with Crippen molar-refractivity contribution in [3.8, 4) is 11.5 Å². The number of allylic oxidation sites excluding steroid dienone is 4. The second kappa shape index (κ2) is 9.08. The number of hydrogen-bond donors (Lipinski definition) is 1. The van der Waals surface area contributed by atoms with Crippen LogP contribution in [-0.4, -0.2) is 31.7 Å². The molecule has 1 N–H and O–H groups in total. The minimum Gasteiger partial charge on any atom is -0.493 e. The zero-order chi connectivity index (χ0) is 18.2. The summed E-state index contributed by atoms with van der Waals surface area (Å²) in [5, 5.41) is 1.70. The van der Waals surface area contributed by atoms with E-state index in [1.807, 2.05) is 24.3 Å². The van der Waals surface area contributed by atoms with Crippen molar-refractivity contribution in [2.45, 2.75) is 25.3 Å². The zero-order valence-electron chi connectivity index (χ0n) is 15.0. The van der Waals surface area contributed by atoms with E-state index in [0.29, 0.717) is 30.9 Å². The Kier molecular flexibility index (Phi) is 6.83. The van der Waals surface area contributed by atoms with E-state index in [9.17, 15) is 4.79 Å². The van der Waals surface area contributed by atoms with E-state index >= 15 is 0 Å². The largest absolute Gasteiger partial charge is 0.493 e. The fraction of sp³-hybridized carbons (Fsp3) is 0.350. The summed E-state index contributed by atoms with van der Waals surface area (Å²) in [4.78, 5) is 12.4. The van der Waals surface area contributed by atoms with Gasteiger partial charge in [-0.05, 0) is 36.1 Å². The van der Waals surface area contributed by atoms with Crippen molar-refractivity contribution in [3.63, 3.8) is 0 Å². The normalized spacial score (nSPS) is 17.3. The van der Waals surface area contributed by atoms with Crippen LogP contribution in [0, 0.1) is 0 Å². The van der Waals surface area contributed by atoms with E-state index in [4.69, 9.17) is 9.47 Å². The first-order valence-corrected chi connectivity index (χ1v) is 8.35. The Labute approximate surface area is 149 Å². The van der Waals surface area contributed by atoms with Crippen LogP contribution in [0.1, 0.15) is 30.9 Å². The molecule has 1 unspecified atom stereocenters. The fourth-order valence-electron chi connectivity index (χ4n) is 2.87. The molecule has 1 saturated heterocycles. The Morgan fingerprint density at radius 2 is 2.04 bits per heavy atom. The van der Waals surface area contributed by atoms with Gasteiger partial charge in [0.15, 0.2) is 11.5 Å². The highest BCUT2D eigenvalue weighted by Gasteiger charge is 2.27. The molecule has 5 heteroatoms. The Hall–Kier alpha value is -2.53. The maximum Gasteiger partial charge on any atom is 0.237 e. The van der Waals surface area contributed by atoms with Crippen LogP contribution in [0.2, 0.25) is 0 Å². The number of hydrazine groups is 1. The molecule has 0 aromatic heterocycles. The van der Waals surface area contributed by atoms with Crippen molar-refractivity contribution in [2.75, 3.05) is 20.8 Å². The number of nitrogens with one attached hydrogen (secondary N) is 1. The third-order valence-electron chi connectivity index (χ3n) is 4.29. The molecule has 1 heterocycles. The van der Waals surface area contributed by atoms with Crippen LogP contribution in [0.15, 0.2) is 55.2 Å². The third-order valence-corrected chi connectivity index (χ3v) is 4.29. The van der Waals surface area contributed by atoms with Crippen molar-refractivity contribution >= 4 is 5.91 Å². The monoisotopic (exact) mass is 342 g/mol. The standard InChI is InChI=1S/C20H26N2O3/c1-5-7-15(6-2)8-11-20(23)22-13-12-17(21-22)16-9-10-18(24-3)19(14-16)25-4/h5-7,9-10,14,17,21H,1-2,8,11-13H2,3-4H3/b15-7+. The summed E-state index contributed by atoms with van der Waals surface area (Å²) >= 11 is 0. The second-order valence-electron chi connectivity index (χ2n) is 5.81. The highest BCUT2D eigenvalue weighted by Crippen LogP contribution is 2.32. The molecular weight excluding hydrogens is 316 g/mol. The summed E-state index contributed by atoms with van der Waals surface area (Å²) in [6.07, 6.45) is 7.31. The van der Waals surface area contributed by atoms with Crippen molar-refractivity contribution in [2.24, 2.45) is 0 Å². The van der Waals surface area contributed by atoms with Crippen LogP contribution in [0.3, 0.4) is 0 Å². The topological polar surface area (TPSA) is 50.8 Å². The summed E-state index contributed by atoms with van der Waals surface area (Å²) in [6, 6.07) is 5.92. The molecule has 0 bridgehead atoms. The maximum atomic E-state index is 12.4. The van der Waals surface area contributed by atoms with E-state index in [0.717, 1.165) is 17.6 Å².